The first-order valence-electron chi connectivity index (χ1n) is 7.77. The van der Waals surface area contributed by atoms with E-state index >= 15 is 0 Å². The molecule has 1 N–H and O–H groups in total. The third-order valence-corrected chi connectivity index (χ3v) is 4.38. The quantitative estimate of drug-likeness (QED) is 0.923. The minimum atomic E-state index is -0.408. The SMILES string of the molecule is CCCN1CC2=C(C1=O)[C@@H](c1ccc(OC)cc1)NC(=O)N2C. The minimum Gasteiger partial charge on any atom is -0.497 e. The van der Waals surface area contributed by atoms with Gasteiger partial charge in [0, 0.05) is 13.6 Å². The molecule has 3 rings (SSSR count). The fourth-order valence-electron chi connectivity index (χ4n) is 3.12. The third-order valence-electron chi connectivity index (χ3n) is 4.38. The maximum Gasteiger partial charge on any atom is 0.322 e. The van der Waals surface area contributed by atoms with Gasteiger partial charge in [-0.2, -0.15) is 0 Å². The average molecular weight is 315 g/mol. The van der Waals surface area contributed by atoms with Gasteiger partial charge in [-0.15, -0.1) is 0 Å². The molecule has 0 saturated carbocycles. The standard InChI is InChI=1S/C17H21N3O3/c1-4-9-20-10-13-14(16(20)21)15(18-17(22)19(13)2)11-5-7-12(23-3)8-6-11/h5-8,15H,4,9-10H2,1-3H3,(H,18,22)/t15-/m1/s1. The first kappa shape index (κ1) is 15.4. The summed E-state index contributed by atoms with van der Waals surface area (Å²) in [6, 6.07) is 6.85. The maximum absolute atomic E-state index is 12.8. The monoisotopic (exact) mass is 315 g/mol. The molecular weight excluding hydrogens is 294 g/mol. The smallest absolute Gasteiger partial charge is 0.322 e. The van der Waals surface area contributed by atoms with Gasteiger partial charge in [0.1, 0.15) is 5.75 Å². The van der Waals surface area contributed by atoms with E-state index in [0.717, 1.165) is 23.4 Å². The van der Waals surface area contributed by atoms with Gasteiger partial charge in [-0.25, -0.2) is 4.79 Å². The normalized spacial score (nSPS) is 20.7. The van der Waals surface area contributed by atoms with Gasteiger partial charge in [0.2, 0.25) is 0 Å². The highest BCUT2D eigenvalue weighted by molar-refractivity contribution is 6.01. The van der Waals surface area contributed by atoms with E-state index < -0.39 is 6.04 Å². The topological polar surface area (TPSA) is 61.9 Å². The highest BCUT2D eigenvalue weighted by atomic mass is 16.5. The molecule has 2 heterocycles. The predicted octanol–water partition coefficient (Wildman–Crippen LogP) is 1.90. The Labute approximate surface area is 135 Å². The van der Waals surface area contributed by atoms with Crippen LogP contribution < -0.4 is 10.1 Å². The van der Waals surface area contributed by atoms with Crippen LogP contribution in [0.3, 0.4) is 0 Å². The van der Waals surface area contributed by atoms with Crippen molar-refractivity contribution >= 4 is 11.9 Å². The van der Waals surface area contributed by atoms with E-state index in [2.05, 4.69) is 5.32 Å². The second kappa shape index (κ2) is 5.95. The molecule has 122 valence electrons. The Hall–Kier alpha value is -2.50. The van der Waals surface area contributed by atoms with Gasteiger partial charge in [0.05, 0.1) is 31.0 Å². The molecule has 6 nitrogen and oxygen atoms in total. The Balaban J connectivity index is 1.99. The van der Waals surface area contributed by atoms with Crippen LogP contribution in [0.1, 0.15) is 24.9 Å². The lowest BCUT2D eigenvalue weighted by molar-refractivity contribution is -0.125. The first-order chi connectivity index (χ1) is 11.1. The van der Waals surface area contributed by atoms with Crippen molar-refractivity contribution in [1.82, 2.24) is 15.1 Å². The number of ether oxygens (including phenoxy) is 1. The molecule has 0 bridgehead atoms. The molecular formula is C17H21N3O3. The molecule has 2 aliphatic rings. The molecule has 1 atom stereocenters. The van der Waals surface area contributed by atoms with Crippen molar-refractivity contribution in [3.05, 3.63) is 41.1 Å². The highest BCUT2D eigenvalue weighted by Crippen LogP contribution is 2.36. The number of hydrogen-bond donors (Lipinski definition) is 1. The van der Waals surface area contributed by atoms with Crippen molar-refractivity contribution in [3.63, 3.8) is 0 Å². The number of nitrogens with one attached hydrogen (secondary N) is 1. The Morgan fingerprint density at radius 3 is 2.57 bits per heavy atom. The van der Waals surface area contributed by atoms with E-state index in [1.54, 1.807) is 24.0 Å². The van der Waals surface area contributed by atoms with Gasteiger partial charge >= 0.3 is 6.03 Å². The summed E-state index contributed by atoms with van der Waals surface area (Å²) in [5, 5.41) is 2.93. The number of hydrogen-bond acceptors (Lipinski definition) is 3. The van der Waals surface area contributed by atoms with Crippen molar-refractivity contribution in [2.24, 2.45) is 0 Å². The number of methoxy groups -OCH3 is 1. The summed E-state index contributed by atoms with van der Waals surface area (Å²) in [4.78, 5) is 28.3. The predicted molar refractivity (Wildman–Crippen MR) is 85.9 cm³/mol. The zero-order valence-electron chi connectivity index (χ0n) is 13.6. The molecule has 3 amide bonds. The number of benzene rings is 1. The fourth-order valence-corrected chi connectivity index (χ4v) is 3.12. The zero-order valence-corrected chi connectivity index (χ0v) is 13.6. The molecule has 1 aromatic carbocycles. The summed E-state index contributed by atoms with van der Waals surface area (Å²) < 4.78 is 5.17. The summed E-state index contributed by atoms with van der Waals surface area (Å²) in [6.07, 6.45) is 0.893. The Morgan fingerprint density at radius 2 is 1.96 bits per heavy atom. The molecule has 0 aliphatic carbocycles. The van der Waals surface area contributed by atoms with Crippen molar-refractivity contribution in [1.29, 1.82) is 0 Å². The van der Waals surface area contributed by atoms with Crippen LogP contribution in [0.15, 0.2) is 35.5 Å². The molecule has 0 spiro atoms. The van der Waals surface area contributed by atoms with Crippen molar-refractivity contribution in [3.8, 4) is 5.75 Å². The first-order valence-corrected chi connectivity index (χ1v) is 7.77. The van der Waals surface area contributed by atoms with Gasteiger partial charge in [-0.05, 0) is 24.1 Å². The van der Waals surface area contributed by atoms with E-state index in [1.165, 1.54) is 0 Å². The Kier molecular flexibility index (Phi) is 3.98. The number of urea groups is 1. The maximum atomic E-state index is 12.8. The molecule has 2 aliphatic heterocycles. The van der Waals surface area contributed by atoms with Crippen molar-refractivity contribution in [2.45, 2.75) is 19.4 Å². The zero-order chi connectivity index (χ0) is 16.6. The van der Waals surface area contributed by atoms with Crippen LogP contribution in [0.5, 0.6) is 5.75 Å². The summed E-state index contributed by atoms with van der Waals surface area (Å²) >= 11 is 0. The number of carbonyl (C=O) groups excluding carboxylic acids is 2. The number of rotatable bonds is 4. The average Bonchev–Trinajstić information content (AvgIpc) is 2.89. The molecule has 0 radical (unpaired) electrons. The van der Waals surface area contributed by atoms with Crippen LogP contribution in [0, 0.1) is 0 Å². The van der Waals surface area contributed by atoms with Crippen molar-refractivity contribution in [2.75, 3.05) is 27.2 Å². The van der Waals surface area contributed by atoms with Gasteiger partial charge in [-0.1, -0.05) is 19.1 Å². The van der Waals surface area contributed by atoms with Crippen LogP contribution in [0.2, 0.25) is 0 Å². The summed E-state index contributed by atoms with van der Waals surface area (Å²) in [5.41, 5.74) is 2.35. The van der Waals surface area contributed by atoms with E-state index in [1.807, 2.05) is 31.2 Å². The third kappa shape index (κ3) is 2.54. The number of nitrogens with zero attached hydrogens (tertiary/aromatic N) is 2. The largest absolute Gasteiger partial charge is 0.497 e. The molecule has 1 aromatic rings. The van der Waals surface area contributed by atoms with E-state index in [4.69, 9.17) is 4.74 Å². The van der Waals surface area contributed by atoms with Crippen LogP contribution in [-0.2, 0) is 4.79 Å². The second-order valence-electron chi connectivity index (χ2n) is 5.80. The van der Waals surface area contributed by atoms with E-state index in [-0.39, 0.29) is 11.9 Å². The Morgan fingerprint density at radius 1 is 1.26 bits per heavy atom. The lowest BCUT2D eigenvalue weighted by atomic mass is 9.95. The fraction of sp³-hybridized carbons (Fsp3) is 0.412. The lowest BCUT2D eigenvalue weighted by Gasteiger charge is -2.31. The molecule has 0 fully saturated rings. The van der Waals surface area contributed by atoms with Crippen LogP contribution in [0.4, 0.5) is 4.79 Å². The minimum absolute atomic E-state index is 0.00881. The Bertz CT molecular complexity index is 666. The van der Waals surface area contributed by atoms with Gasteiger partial charge in [0.15, 0.2) is 0 Å². The van der Waals surface area contributed by atoms with Crippen molar-refractivity contribution < 1.29 is 14.3 Å². The number of likely N-dealkylation sites (N-methyl/N-ethyl adjacent to an activating group) is 1. The molecule has 0 aromatic heterocycles. The molecule has 0 unspecified atom stereocenters. The number of carbonyl (C=O) groups is 2. The van der Waals surface area contributed by atoms with Crippen LogP contribution in [0.25, 0.3) is 0 Å². The summed E-state index contributed by atoms with van der Waals surface area (Å²) in [7, 11) is 3.31. The van der Waals surface area contributed by atoms with Crippen LogP contribution >= 0.6 is 0 Å². The second-order valence-corrected chi connectivity index (χ2v) is 5.80. The highest BCUT2D eigenvalue weighted by Gasteiger charge is 2.42. The molecule has 6 heteroatoms. The summed E-state index contributed by atoms with van der Waals surface area (Å²) in [6.45, 7) is 3.24. The van der Waals surface area contributed by atoms with E-state index in [9.17, 15) is 9.59 Å². The lowest BCUT2D eigenvalue weighted by Crippen LogP contribution is -2.45. The summed E-state index contributed by atoms with van der Waals surface area (Å²) in [5.74, 6) is 0.752. The van der Waals surface area contributed by atoms with Gasteiger partial charge < -0.3 is 15.0 Å². The van der Waals surface area contributed by atoms with Gasteiger partial charge in [0.25, 0.3) is 5.91 Å². The van der Waals surface area contributed by atoms with E-state index in [0.29, 0.717) is 18.7 Å². The van der Waals surface area contributed by atoms with Crippen LogP contribution in [-0.4, -0.2) is 49.0 Å². The number of amides is 3. The molecule has 23 heavy (non-hydrogen) atoms. The van der Waals surface area contributed by atoms with Gasteiger partial charge in [-0.3, -0.25) is 9.69 Å². The molecule has 0 saturated heterocycles.